The number of amides is 1. The third kappa shape index (κ3) is 3.88. The first-order valence-corrected chi connectivity index (χ1v) is 8.39. The second kappa shape index (κ2) is 6.80. The molecule has 1 amide bonds. The number of hydrogen-bond acceptors (Lipinski definition) is 3. The van der Waals surface area contributed by atoms with Gasteiger partial charge in [0.15, 0.2) is 0 Å². The summed E-state index contributed by atoms with van der Waals surface area (Å²) in [5, 5.41) is 0.624. The third-order valence-corrected chi connectivity index (χ3v) is 5.36. The van der Waals surface area contributed by atoms with Gasteiger partial charge in [0, 0.05) is 35.8 Å². The Morgan fingerprint density at radius 2 is 2.19 bits per heavy atom. The number of thioether (sulfide) groups is 2. The predicted molar refractivity (Wildman–Crippen MR) is 75.2 cm³/mol. The van der Waals surface area contributed by atoms with Gasteiger partial charge in [0.25, 0.3) is 0 Å². The molecule has 94 valence electrons. The number of hydrogen-bond donors (Lipinski definition) is 0. The van der Waals surface area contributed by atoms with Crippen LogP contribution in [0.5, 0.6) is 0 Å². The largest absolute Gasteiger partial charge is 0.340 e. The average molecular weight is 261 g/mol. The van der Waals surface area contributed by atoms with Crippen LogP contribution in [0.15, 0.2) is 0 Å². The van der Waals surface area contributed by atoms with Gasteiger partial charge in [-0.05, 0) is 12.2 Å². The van der Waals surface area contributed by atoms with Crippen molar-refractivity contribution in [3.63, 3.8) is 0 Å². The van der Waals surface area contributed by atoms with Crippen molar-refractivity contribution in [1.82, 2.24) is 4.90 Å². The number of carbonyl (C=O) groups is 1. The topological polar surface area (TPSA) is 20.3 Å². The molecule has 16 heavy (non-hydrogen) atoms. The number of carbonyl (C=O) groups excluding carboxylic acids is 1. The Bertz CT molecular complexity index is 233. The SMILES string of the molecule is CSCC(C)C(=O)N1CCSC(C(C)C)C1. The molecular weight excluding hydrogens is 238 g/mol. The summed E-state index contributed by atoms with van der Waals surface area (Å²) in [6, 6.07) is 0. The van der Waals surface area contributed by atoms with Gasteiger partial charge in [-0.25, -0.2) is 0 Å². The second-order valence-corrected chi connectivity index (χ2v) is 7.05. The minimum Gasteiger partial charge on any atom is -0.340 e. The highest BCUT2D eigenvalue weighted by Gasteiger charge is 2.28. The minimum atomic E-state index is 0.172. The Balaban J connectivity index is 2.49. The lowest BCUT2D eigenvalue weighted by Gasteiger charge is -2.35. The van der Waals surface area contributed by atoms with E-state index in [1.165, 1.54) is 0 Å². The molecule has 1 heterocycles. The molecule has 1 fully saturated rings. The fourth-order valence-electron chi connectivity index (χ4n) is 1.91. The predicted octanol–water partition coefficient (Wildman–Crippen LogP) is 2.59. The van der Waals surface area contributed by atoms with Gasteiger partial charge in [0.1, 0.15) is 0 Å². The van der Waals surface area contributed by atoms with Crippen molar-refractivity contribution in [3.8, 4) is 0 Å². The van der Waals surface area contributed by atoms with E-state index in [2.05, 4.69) is 25.0 Å². The van der Waals surface area contributed by atoms with Crippen LogP contribution < -0.4 is 0 Å². The van der Waals surface area contributed by atoms with Crippen LogP contribution in [-0.4, -0.2) is 46.9 Å². The molecule has 0 aromatic carbocycles. The second-order valence-electron chi connectivity index (χ2n) is 4.79. The zero-order valence-electron chi connectivity index (χ0n) is 10.7. The van der Waals surface area contributed by atoms with Crippen molar-refractivity contribution in [3.05, 3.63) is 0 Å². The van der Waals surface area contributed by atoms with Crippen LogP contribution in [0, 0.1) is 11.8 Å². The average Bonchev–Trinajstić information content (AvgIpc) is 2.28. The van der Waals surface area contributed by atoms with Crippen molar-refractivity contribution in [1.29, 1.82) is 0 Å². The molecule has 0 saturated carbocycles. The Hall–Kier alpha value is 0.170. The molecule has 0 spiro atoms. The molecule has 0 aromatic heterocycles. The Morgan fingerprint density at radius 3 is 2.75 bits per heavy atom. The van der Waals surface area contributed by atoms with Gasteiger partial charge in [-0.3, -0.25) is 4.79 Å². The fraction of sp³-hybridized carbons (Fsp3) is 0.917. The molecule has 1 rings (SSSR count). The maximum atomic E-state index is 12.2. The highest BCUT2D eigenvalue weighted by molar-refractivity contribution is 8.00. The van der Waals surface area contributed by atoms with Crippen LogP contribution in [0.2, 0.25) is 0 Å². The lowest BCUT2D eigenvalue weighted by Crippen LogP contribution is -2.45. The van der Waals surface area contributed by atoms with E-state index < -0.39 is 0 Å². The number of rotatable bonds is 4. The standard InChI is InChI=1S/C12H23NOS2/c1-9(2)11-7-13(5-6-16-11)12(14)10(3)8-15-4/h9-11H,5-8H2,1-4H3. The molecule has 1 aliphatic heterocycles. The summed E-state index contributed by atoms with van der Waals surface area (Å²) in [6.07, 6.45) is 2.06. The van der Waals surface area contributed by atoms with Crippen molar-refractivity contribution in [2.45, 2.75) is 26.0 Å². The third-order valence-electron chi connectivity index (χ3n) is 2.99. The van der Waals surface area contributed by atoms with Crippen LogP contribution >= 0.6 is 23.5 Å². The summed E-state index contributed by atoms with van der Waals surface area (Å²) in [5.74, 6) is 3.22. The highest BCUT2D eigenvalue weighted by Crippen LogP contribution is 2.26. The molecule has 0 aliphatic carbocycles. The van der Waals surface area contributed by atoms with E-state index in [4.69, 9.17) is 0 Å². The molecule has 4 heteroatoms. The van der Waals surface area contributed by atoms with Crippen LogP contribution in [0.4, 0.5) is 0 Å². The van der Waals surface area contributed by atoms with Crippen molar-refractivity contribution in [2.24, 2.45) is 11.8 Å². The van der Waals surface area contributed by atoms with Gasteiger partial charge < -0.3 is 4.90 Å². The summed E-state index contributed by atoms with van der Waals surface area (Å²) in [4.78, 5) is 14.2. The van der Waals surface area contributed by atoms with E-state index in [1.807, 2.05) is 18.7 Å². The molecule has 0 N–H and O–H groups in total. The van der Waals surface area contributed by atoms with Gasteiger partial charge in [-0.2, -0.15) is 23.5 Å². The van der Waals surface area contributed by atoms with E-state index >= 15 is 0 Å². The lowest BCUT2D eigenvalue weighted by atomic mass is 10.1. The van der Waals surface area contributed by atoms with E-state index in [1.54, 1.807) is 11.8 Å². The van der Waals surface area contributed by atoms with Crippen molar-refractivity contribution < 1.29 is 4.79 Å². The summed E-state index contributed by atoms with van der Waals surface area (Å²) in [6.45, 7) is 8.42. The van der Waals surface area contributed by atoms with Gasteiger partial charge in [0.2, 0.25) is 5.91 Å². The summed E-state index contributed by atoms with van der Waals surface area (Å²) >= 11 is 3.77. The van der Waals surface area contributed by atoms with Gasteiger partial charge in [-0.1, -0.05) is 20.8 Å². The Kier molecular flexibility index (Phi) is 6.05. The molecule has 0 bridgehead atoms. The molecule has 2 atom stereocenters. The maximum absolute atomic E-state index is 12.2. The first-order valence-electron chi connectivity index (χ1n) is 5.95. The first-order chi connectivity index (χ1) is 7.56. The first kappa shape index (κ1) is 14.2. The molecule has 1 aliphatic rings. The number of nitrogens with zero attached hydrogens (tertiary/aromatic N) is 1. The fourth-order valence-corrected chi connectivity index (χ4v) is 3.85. The monoisotopic (exact) mass is 261 g/mol. The van der Waals surface area contributed by atoms with Gasteiger partial charge >= 0.3 is 0 Å². The molecule has 2 unspecified atom stereocenters. The van der Waals surface area contributed by atoms with Crippen LogP contribution in [-0.2, 0) is 4.79 Å². The minimum absolute atomic E-state index is 0.172. The van der Waals surface area contributed by atoms with E-state index in [-0.39, 0.29) is 5.92 Å². The van der Waals surface area contributed by atoms with Crippen LogP contribution in [0.1, 0.15) is 20.8 Å². The smallest absolute Gasteiger partial charge is 0.226 e. The van der Waals surface area contributed by atoms with Gasteiger partial charge in [-0.15, -0.1) is 0 Å². The van der Waals surface area contributed by atoms with Crippen LogP contribution in [0.25, 0.3) is 0 Å². The van der Waals surface area contributed by atoms with Crippen molar-refractivity contribution in [2.75, 3.05) is 30.9 Å². The summed E-state index contributed by atoms with van der Waals surface area (Å²) < 4.78 is 0. The summed E-state index contributed by atoms with van der Waals surface area (Å²) in [7, 11) is 0. The zero-order chi connectivity index (χ0) is 12.1. The van der Waals surface area contributed by atoms with E-state index in [0.29, 0.717) is 17.1 Å². The molecule has 0 radical (unpaired) electrons. The van der Waals surface area contributed by atoms with E-state index in [0.717, 1.165) is 24.6 Å². The normalized spacial score (nSPS) is 23.6. The quantitative estimate of drug-likeness (QED) is 0.776. The summed E-state index contributed by atoms with van der Waals surface area (Å²) in [5.41, 5.74) is 0. The molecule has 0 aromatic rings. The maximum Gasteiger partial charge on any atom is 0.226 e. The lowest BCUT2D eigenvalue weighted by molar-refractivity contribution is -0.134. The highest BCUT2D eigenvalue weighted by atomic mass is 32.2. The molecule has 1 saturated heterocycles. The van der Waals surface area contributed by atoms with Crippen LogP contribution in [0.3, 0.4) is 0 Å². The zero-order valence-corrected chi connectivity index (χ0v) is 12.4. The van der Waals surface area contributed by atoms with Crippen molar-refractivity contribution >= 4 is 29.4 Å². The van der Waals surface area contributed by atoms with E-state index in [9.17, 15) is 4.79 Å². The Morgan fingerprint density at radius 1 is 1.50 bits per heavy atom. The molecular formula is C12H23NOS2. The Labute approximate surface area is 108 Å². The molecule has 2 nitrogen and oxygen atoms in total. The van der Waals surface area contributed by atoms with Gasteiger partial charge in [0.05, 0.1) is 0 Å².